The van der Waals surface area contributed by atoms with Crippen LogP contribution in [-0.4, -0.2) is 33.6 Å². The van der Waals surface area contributed by atoms with Gasteiger partial charge in [0.2, 0.25) is 0 Å². The summed E-state index contributed by atoms with van der Waals surface area (Å²) in [6.07, 6.45) is 0. The number of hydrogen-bond acceptors (Lipinski definition) is 6. The van der Waals surface area contributed by atoms with Crippen LogP contribution in [-0.2, 0) is 0 Å². The van der Waals surface area contributed by atoms with E-state index in [0.717, 1.165) is 15.1 Å². The standard InChI is InChI=1S/C22H14N4O4/c23-13-9-11-14(12-10-13)26(24-19(27)15-5-1-2-6-16(15)20(24)28)25-21(29)17-7-3-4-8-18(17)22(25)30/h1-12H,23H2. The highest BCUT2D eigenvalue weighted by Crippen LogP contribution is 2.33. The van der Waals surface area contributed by atoms with Crippen LogP contribution >= 0.6 is 0 Å². The third kappa shape index (κ3) is 2.34. The molecule has 0 spiro atoms. The fraction of sp³-hybridized carbons (Fsp3) is 0. The van der Waals surface area contributed by atoms with Crippen LogP contribution in [0.4, 0.5) is 11.4 Å². The molecule has 0 bridgehead atoms. The Kier molecular flexibility index (Phi) is 3.69. The van der Waals surface area contributed by atoms with E-state index in [1.54, 1.807) is 36.4 Å². The van der Waals surface area contributed by atoms with Gasteiger partial charge in [0.25, 0.3) is 23.6 Å². The van der Waals surface area contributed by atoms with E-state index < -0.39 is 23.6 Å². The molecule has 0 radical (unpaired) electrons. The Morgan fingerprint density at radius 1 is 0.533 bits per heavy atom. The number of fused-ring (bicyclic) bond motifs is 2. The van der Waals surface area contributed by atoms with Gasteiger partial charge >= 0.3 is 0 Å². The number of hydrogen-bond donors (Lipinski definition) is 1. The molecule has 8 heteroatoms. The number of nitrogens with two attached hydrogens (primary N) is 1. The minimum absolute atomic E-state index is 0.194. The number of hydrazine groups is 2. The number of rotatable bonds is 3. The van der Waals surface area contributed by atoms with Crippen LogP contribution in [0.25, 0.3) is 0 Å². The average molecular weight is 398 g/mol. The molecule has 0 saturated heterocycles. The van der Waals surface area contributed by atoms with E-state index in [4.69, 9.17) is 5.73 Å². The van der Waals surface area contributed by atoms with Crippen LogP contribution in [0.5, 0.6) is 0 Å². The molecule has 30 heavy (non-hydrogen) atoms. The first-order chi connectivity index (χ1) is 14.5. The fourth-order valence-corrected chi connectivity index (χ4v) is 3.63. The Morgan fingerprint density at radius 2 is 0.867 bits per heavy atom. The van der Waals surface area contributed by atoms with Crippen molar-refractivity contribution < 1.29 is 19.2 Å². The number of nitrogens with zero attached hydrogens (tertiary/aromatic N) is 3. The lowest BCUT2D eigenvalue weighted by Gasteiger charge is -2.36. The molecule has 8 nitrogen and oxygen atoms in total. The van der Waals surface area contributed by atoms with Crippen LogP contribution in [0.3, 0.4) is 0 Å². The molecular weight excluding hydrogens is 384 g/mol. The van der Waals surface area contributed by atoms with Gasteiger partial charge in [0.05, 0.1) is 27.9 Å². The zero-order chi connectivity index (χ0) is 21.0. The molecular formula is C22H14N4O4. The molecule has 4 amide bonds. The second-order valence-electron chi connectivity index (χ2n) is 6.82. The summed E-state index contributed by atoms with van der Waals surface area (Å²) in [6, 6.07) is 18.8. The summed E-state index contributed by atoms with van der Waals surface area (Å²) in [4.78, 5) is 52.5. The van der Waals surface area contributed by atoms with Crippen molar-refractivity contribution in [2.24, 2.45) is 0 Å². The van der Waals surface area contributed by atoms with Gasteiger partial charge in [0.15, 0.2) is 0 Å². The van der Waals surface area contributed by atoms with Crippen LogP contribution in [0.15, 0.2) is 72.8 Å². The maximum Gasteiger partial charge on any atom is 0.282 e. The normalized spacial score (nSPS) is 14.9. The summed E-state index contributed by atoms with van der Waals surface area (Å²) in [7, 11) is 0. The Balaban J connectivity index is 1.68. The van der Waals surface area contributed by atoms with Crippen molar-refractivity contribution in [2.45, 2.75) is 0 Å². The molecule has 2 N–H and O–H groups in total. The van der Waals surface area contributed by atoms with Crippen molar-refractivity contribution in [1.29, 1.82) is 0 Å². The molecule has 0 unspecified atom stereocenters. The van der Waals surface area contributed by atoms with Gasteiger partial charge in [-0.05, 0) is 48.5 Å². The first kappa shape index (κ1) is 17.6. The first-order valence-corrected chi connectivity index (χ1v) is 9.10. The van der Waals surface area contributed by atoms with Crippen molar-refractivity contribution in [1.82, 2.24) is 10.0 Å². The van der Waals surface area contributed by atoms with Gasteiger partial charge < -0.3 is 5.73 Å². The van der Waals surface area contributed by atoms with E-state index in [-0.39, 0.29) is 27.9 Å². The lowest BCUT2D eigenvalue weighted by molar-refractivity contribution is 0.0409. The molecule has 0 aliphatic carbocycles. The van der Waals surface area contributed by atoms with Gasteiger partial charge in [-0.15, -0.1) is 0 Å². The quantitative estimate of drug-likeness (QED) is 0.537. The minimum atomic E-state index is -0.635. The largest absolute Gasteiger partial charge is 0.399 e. The van der Waals surface area contributed by atoms with Gasteiger partial charge in [0, 0.05) is 5.69 Å². The Labute approximate surface area is 170 Å². The Bertz CT molecular complexity index is 1110. The van der Waals surface area contributed by atoms with Crippen LogP contribution < -0.4 is 10.9 Å². The highest BCUT2D eigenvalue weighted by atomic mass is 16.2. The average Bonchev–Trinajstić information content (AvgIpc) is 3.17. The van der Waals surface area contributed by atoms with Crippen molar-refractivity contribution >= 4 is 35.0 Å². The highest BCUT2D eigenvalue weighted by Gasteiger charge is 2.48. The van der Waals surface area contributed by atoms with Crippen molar-refractivity contribution in [3.8, 4) is 0 Å². The summed E-state index contributed by atoms with van der Waals surface area (Å²) in [5, 5.41) is 2.63. The minimum Gasteiger partial charge on any atom is -0.399 e. The number of amides is 4. The van der Waals surface area contributed by atoms with Crippen molar-refractivity contribution in [3.63, 3.8) is 0 Å². The molecule has 2 aliphatic rings. The monoisotopic (exact) mass is 398 g/mol. The molecule has 0 fully saturated rings. The predicted octanol–water partition coefficient (Wildman–Crippen LogP) is 2.50. The summed E-state index contributed by atoms with van der Waals surface area (Å²) in [5.74, 6) is -2.54. The lowest BCUT2D eigenvalue weighted by Crippen LogP contribution is -2.58. The molecule has 0 aromatic heterocycles. The first-order valence-electron chi connectivity index (χ1n) is 9.10. The maximum absolute atomic E-state index is 13.1. The topological polar surface area (TPSA) is 104 Å². The SMILES string of the molecule is Nc1ccc(N(N2C(=O)c3ccccc3C2=O)N2C(=O)c3ccccc3C2=O)cc1. The van der Waals surface area contributed by atoms with Crippen molar-refractivity contribution in [2.75, 3.05) is 10.9 Å². The van der Waals surface area contributed by atoms with E-state index in [1.807, 2.05) is 0 Å². The Morgan fingerprint density at radius 3 is 1.20 bits per heavy atom. The third-order valence-electron chi connectivity index (χ3n) is 5.05. The molecule has 146 valence electrons. The number of imide groups is 2. The third-order valence-corrected chi connectivity index (χ3v) is 5.05. The van der Waals surface area contributed by atoms with Gasteiger partial charge in [-0.1, -0.05) is 24.3 Å². The van der Waals surface area contributed by atoms with E-state index in [1.165, 1.54) is 36.4 Å². The molecule has 3 aromatic carbocycles. The Hall–Kier alpha value is -4.46. The van der Waals surface area contributed by atoms with E-state index in [2.05, 4.69) is 0 Å². The lowest BCUT2D eigenvalue weighted by atomic mass is 10.1. The second-order valence-corrected chi connectivity index (χ2v) is 6.82. The molecule has 5 rings (SSSR count). The molecule has 0 atom stereocenters. The zero-order valence-corrected chi connectivity index (χ0v) is 15.5. The predicted molar refractivity (Wildman–Crippen MR) is 107 cm³/mol. The number of carbonyl (C=O) groups excluding carboxylic acids is 4. The fourth-order valence-electron chi connectivity index (χ4n) is 3.63. The zero-order valence-electron chi connectivity index (χ0n) is 15.5. The number of nitrogen functional groups attached to an aromatic ring is 1. The molecule has 2 aliphatic heterocycles. The van der Waals surface area contributed by atoms with E-state index in [9.17, 15) is 19.2 Å². The maximum atomic E-state index is 13.1. The smallest absolute Gasteiger partial charge is 0.282 e. The van der Waals surface area contributed by atoms with Gasteiger partial charge in [-0.3, -0.25) is 19.2 Å². The van der Waals surface area contributed by atoms with Crippen LogP contribution in [0.2, 0.25) is 0 Å². The number of benzene rings is 3. The van der Waals surface area contributed by atoms with E-state index in [0.29, 0.717) is 5.69 Å². The van der Waals surface area contributed by atoms with Crippen LogP contribution in [0.1, 0.15) is 41.4 Å². The number of anilines is 2. The molecule has 2 heterocycles. The second kappa shape index (κ2) is 6.28. The molecule has 0 saturated carbocycles. The summed E-state index contributed by atoms with van der Waals surface area (Å²) in [5.41, 5.74) is 7.25. The van der Waals surface area contributed by atoms with Gasteiger partial charge in [0.1, 0.15) is 0 Å². The van der Waals surface area contributed by atoms with Gasteiger partial charge in [-0.2, -0.15) is 15.1 Å². The van der Waals surface area contributed by atoms with Crippen molar-refractivity contribution in [3.05, 3.63) is 95.1 Å². The summed E-state index contributed by atoms with van der Waals surface area (Å²) >= 11 is 0. The number of carbonyl (C=O) groups is 4. The summed E-state index contributed by atoms with van der Waals surface area (Å²) < 4.78 is 0. The van der Waals surface area contributed by atoms with Crippen LogP contribution in [0, 0.1) is 0 Å². The van der Waals surface area contributed by atoms with Gasteiger partial charge in [-0.25, -0.2) is 0 Å². The van der Waals surface area contributed by atoms with E-state index >= 15 is 0 Å². The summed E-state index contributed by atoms with van der Waals surface area (Å²) in [6.45, 7) is 0. The highest BCUT2D eigenvalue weighted by molar-refractivity contribution is 6.25. The molecule has 3 aromatic rings.